The highest BCUT2D eigenvalue weighted by Gasteiger charge is 2.10. The quantitative estimate of drug-likeness (QED) is 0.870. The Labute approximate surface area is 113 Å². The number of aromatic carboxylic acids is 1. The van der Waals surface area contributed by atoms with Gasteiger partial charge in [0.15, 0.2) is 0 Å². The minimum absolute atomic E-state index is 0.218. The Bertz CT molecular complexity index is 603. The van der Waals surface area contributed by atoms with Crippen molar-refractivity contribution in [1.82, 2.24) is 15.1 Å². The van der Waals surface area contributed by atoms with Crippen LogP contribution in [-0.4, -0.2) is 26.8 Å². The highest BCUT2D eigenvalue weighted by molar-refractivity contribution is 7.13. The number of thiophene rings is 1. The molecule has 0 bridgehead atoms. The van der Waals surface area contributed by atoms with Crippen molar-refractivity contribution < 1.29 is 14.7 Å². The lowest BCUT2D eigenvalue weighted by Crippen LogP contribution is -2.21. The molecule has 0 unspecified atom stereocenters. The standard InChI is InChI=1S/C12H13N3O3S/c1-2-15-7-8(5-14-15)11(16)13-6-9-3-4-10(19-9)12(17)18/h3-5,7H,2,6H2,1H3,(H,13,16)(H,17,18). The first-order valence-corrected chi connectivity index (χ1v) is 6.54. The lowest BCUT2D eigenvalue weighted by molar-refractivity contribution is 0.0702. The second-order valence-corrected chi connectivity index (χ2v) is 5.01. The van der Waals surface area contributed by atoms with E-state index in [2.05, 4.69) is 10.4 Å². The Kier molecular flexibility index (Phi) is 3.96. The molecule has 6 nitrogen and oxygen atoms in total. The summed E-state index contributed by atoms with van der Waals surface area (Å²) in [4.78, 5) is 23.6. The molecule has 2 rings (SSSR count). The van der Waals surface area contributed by atoms with Crippen LogP contribution in [0.5, 0.6) is 0 Å². The van der Waals surface area contributed by atoms with Gasteiger partial charge in [-0.2, -0.15) is 5.10 Å². The molecule has 0 radical (unpaired) electrons. The van der Waals surface area contributed by atoms with Gasteiger partial charge in [0.05, 0.1) is 18.3 Å². The fourth-order valence-electron chi connectivity index (χ4n) is 1.51. The third-order valence-electron chi connectivity index (χ3n) is 2.52. The number of carbonyl (C=O) groups excluding carboxylic acids is 1. The summed E-state index contributed by atoms with van der Waals surface area (Å²) >= 11 is 1.15. The van der Waals surface area contributed by atoms with Gasteiger partial charge in [0.1, 0.15) is 4.88 Å². The molecule has 0 aromatic carbocycles. The number of amides is 1. The van der Waals surface area contributed by atoms with Crippen LogP contribution in [0.2, 0.25) is 0 Å². The summed E-state index contributed by atoms with van der Waals surface area (Å²) in [6.07, 6.45) is 3.18. The fraction of sp³-hybridized carbons (Fsp3) is 0.250. The summed E-state index contributed by atoms with van der Waals surface area (Å²) in [5, 5.41) is 15.5. The SMILES string of the molecule is CCn1cc(C(=O)NCc2ccc(C(=O)O)s2)cn1. The number of hydrogen-bond acceptors (Lipinski definition) is 4. The molecular formula is C12H13N3O3S. The Morgan fingerprint density at radius 3 is 2.84 bits per heavy atom. The third-order valence-corrected chi connectivity index (χ3v) is 3.59. The van der Waals surface area contributed by atoms with E-state index >= 15 is 0 Å². The maximum absolute atomic E-state index is 11.8. The number of aryl methyl sites for hydroxylation is 1. The smallest absolute Gasteiger partial charge is 0.345 e. The van der Waals surface area contributed by atoms with Crippen LogP contribution in [0.1, 0.15) is 31.8 Å². The van der Waals surface area contributed by atoms with Crippen LogP contribution in [0, 0.1) is 0 Å². The zero-order valence-corrected chi connectivity index (χ0v) is 11.1. The van der Waals surface area contributed by atoms with Gasteiger partial charge in [-0.15, -0.1) is 11.3 Å². The lowest BCUT2D eigenvalue weighted by Gasteiger charge is -2.00. The molecular weight excluding hydrogens is 266 g/mol. The van der Waals surface area contributed by atoms with Crippen molar-refractivity contribution in [2.24, 2.45) is 0 Å². The average molecular weight is 279 g/mol. The van der Waals surface area contributed by atoms with Gasteiger partial charge < -0.3 is 10.4 Å². The number of aromatic nitrogens is 2. The molecule has 0 saturated carbocycles. The van der Waals surface area contributed by atoms with E-state index in [1.54, 1.807) is 16.9 Å². The van der Waals surface area contributed by atoms with Gasteiger partial charge >= 0.3 is 5.97 Å². The number of carboxylic acid groups (broad SMARTS) is 1. The molecule has 0 fully saturated rings. The van der Waals surface area contributed by atoms with Gasteiger partial charge in [0.2, 0.25) is 0 Å². The number of carbonyl (C=O) groups is 2. The Morgan fingerprint density at radius 2 is 2.26 bits per heavy atom. The molecule has 0 aliphatic rings. The summed E-state index contributed by atoms with van der Waals surface area (Å²) in [5.74, 6) is -1.17. The van der Waals surface area contributed by atoms with E-state index in [4.69, 9.17) is 5.11 Å². The third kappa shape index (κ3) is 3.19. The molecule has 19 heavy (non-hydrogen) atoms. The molecule has 0 atom stereocenters. The van der Waals surface area contributed by atoms with Crippen LogP contribution in [-0.2, 0) is 13.1 Å². The number of nitrogens with one attached hydrogen (secondary N) is 1. The summed E-state index contributed by atoms with van der Waals surface area (Å²) < 4.78 is 1.67. The van der Waals surface area contributed by atoms with Gasteiger partial charge in [-0.3, -0.25) is 9.48 Å². The topological polar surface area (TPSA) is 84.2 Å². The minimum atomic E-state index is -0.952. The first-order valence-electron chi connectivity index (χ1n) is 5.72. The van der Waals surface area contributed by atoms with Crippen molar-refractivity contribution in [3.8, 4) is 0 Å². The molecule has 2 aromatic rings. The van der Waals surface area contributed by atoms with Crippen molar-refractivity contribution >= 4 is 23.2 Å². The summed E-state index contributed by atoms with van der Waals surface area (Å²) in [6, 6.07) is 3.23. The summed E-state index contributed by atoms with van der Waals surface area (Å²) in [6.45, 7) is 2.96. The second-order valence-electron chi connectivity index (χ2n) is 3.84. The molecule has 2 heterocycles. The van der Waals surface area contributed by atoms with Crippen LogP contribution in [0.3, 0.4) is 0 Å². The van der Waals surface area contributed by atoms with Crippen LogP contribution in [0.15, 0.2) is 24.5 Å². The largest absolute Gasteiger partial charge is 0.477 e. The number of nitrogens with zero attached hydrogens (tertiary/aromatic N) is 2. The zero-order chi connectivity index (χ0) is 13.8. The van der Waals surface area contributed by atoms with E-state index in [-0.39, 0.29) is 10.8 Å². The minimum Gasteiger partial charge on any atom is -0.477 e. The van der Waals surface area contributed by atoms with Crippen LogP contribution in [0.25, 0.3) is 0 Å². The second kappa shape index (κ2) is 5.66. The molecule has 0 saturated heterocycles. The highest BCUT2D eigenvalue weighted by atomic mass is 32.1. The Balaban J connectivity index is 1.94. The maximum Gasteiger partial charge on any atom is 0.345 e. The molecule has 0 aliphatic heterocycles. The van der Waals surface area contributed by atoms with Gasteiger partial charge in [-0.25, -0.2) is 4.79 Å². The first kappa shape index (κ1) is 13.3. The molecule has 2 aromatic heterocycles. The summed E-state index contributed by atoms with van der Waals surface area (Å²) in [5.41, 5.74) is 0.497. The van der Waals surface area contributed by atoms with Crippen LogP contribution >= 0.6 is 11.3 Å². The van der Waals surface area contributed by atoms with Crippen molar-refractivity contribution in [1.29, 1.82) is 0 Å². The van der Waals surface area contributed by atoms with E-state index in [1.807, 2.05) is 6.92 Å². The van der Waals surface area contributed by atoms with Crippen LogP contribution in [0.4, 0.5) is 0 Å². The Morgan fingerprint density at radius 1 is 1.47 bits per heavy atom. The highest BCUT2D eigenvalue weighted by Crippen LogP contribution is 2.16. The van der Waals surface area contributed by atoms with E-state index < -0.39 is 5.97 Å². The van der Waals surface area contributed by atoms with Crippen LogP contribution < -0.4 is 5.32 Å². The fourth-order valence-corrected chi connectivity index (χ4v) is 2.30. The average Bonchev–Trinajstić information content (AvgIpc) is 3.04. The predicted molar refractivity (Wildman–Crippen MR) is 70.3 cm³/mol. The Hall–Kier alpha value is -2.15. The van der Waals surface area contributed by atoms with Crippen molar-refractivity contribution in [2.75, 3.05) is 0 Å². The van der Waals surface area contributed by atoms with Crippen molar-refractivity contribution in [3.05, 3.63) is 39.8 Å². The molecule has 0 spiro atoms. The number of carboxylic acids is 1. The monoisotopic (exact) mass is 279 g/mol. The molecule has 1 amide bonds. The van der Waals surface area contributed by atoms with E-state index in [0.717, 1.165) is 16.2 Å². The van der Waals surface area contributed by atoms with Crippen molar-refractivity contribution in [2.45, 2.75) is 20.0 Å². The lowest BCUT2D eigenvalue weighted by atomic mass is 10.3. The van der Waals surface area contributed by atoms with Gasteiger partial charge in [-0.1, -0.05) is 0 Å². The van der Waals surface area contributed by atoms with E-state index in [0.29, 0.717) is 18.7 Å². The molecule has 100 valence electrons. The molecule has 7 heteroatoms. The number of hydrogen-bond donors (Lipinski definition) is 2. The molecule has 0 aliphatic carbocycles. The number of rotatable bonds is 5. The molecule has 2 N–H and O–H groups in total. The van der Waals surface area contributed by atoms with Gasteiger partial charge in [0.25, 0.3) is 5.91 Å². The normalized spacial score (nSPS) is 10.4. The first-order chi connectivity index (χ1) is 9.10. The predicted octanol–water partition coefficient (Wildman–Crippen LogP) is 1.59. The van der Waals surface area contributed by atoms with Gasteiger partial charge in [-0.05, 0) is 19.1 Å². The van der Waals surface area contributed by atoms with E-state index in [9.17, 15) is 9.59 Å². The maximum atomic E-state index is 11.8. The van der Waals surface area contributed by atoms with Gasteiger partial charge in [0, 0.05) is 17.6 Å². The summed E-state index contributed by atoms with van der Waals surface area (Å²) in [7, 11) is 0. The van der Waals surface area contributed by atoms with E-state index in [1.165, 1.54) is 12.3 Å². The van der Waals surface area contributed by atoms with Crippen molar-refractivity contribution in [3.63, 3.8) is 0 Å². The zero-order valence-electron chi connectivity index (χ0n) is 10.3.